The smallest absolute Gasteiger partial charge is 0.203 e. The summed E-state index contributed by atoms with van der Waals surface area (Å²) in [5, 5.41) is 3.40. The molecule has 0 atom stereocenters. The molecule has 0 amide bonds. The molecule has 3 rings (SSSR count). The molecule has 7 heteroatoms. The van der Waals surface area contributed by atoms with Gasteiger partial charge in [0, 0.05) is 22.0 Å². The van der Waals surface area contributed by atoms with Crippen molar-refractivity contribution in [3.63, 3.8) is 0 Å². The zero-order valence-electron chi connectivity index (χ0n) is 11.0. The second-order valence-corrected chi connectivity index (χ2v) is 6.43. The van der Waals surface area contributed by atoms with E-state index >= 15 is 0 Å². The average molecular weight is 425 g/mol. The highest BCUT2D eigenvalue weighted by molar-refractivity contribution is 9.13. The van der Waals surface area contributed by atoms with Crippen molar-refractivity contribution in [1.29, 1.82) is 0 Å². The monoisotopic (exact) mass is 422 g/mol. The summed E-state index contributed by atoms with van der Waals surface area (Å²) in [6.45, 7) is 2.61. The van der Waals surface area contributed by atoms with Crippen molar-refractivity contribution in [1.82, 2.24) is 9.55 Å². The molecule has 0 unspecified atom stereocenters. The lowest BCUT2D eigenvalue weighted by atomic mass is 10.0. The summed E-state index contributed by atoms with van der Waals surface area (Å²) in [4.78, 5) is 4.72. The third-order valence-corrected chi connectivity index (χ3v) is 5.55. The molecule has 1 aromatic carbocycles. The van der Waals surface area contributed by atoms with E-state index in [1.807, 2.05) is 0 Å². The Morgan fingerprint density at radius 2 is 2.20 bits per heavy atom. The first kappa shape index (κ1) is 16.1. The first-order valence-electron chi connectivity index (χ1n) is 6.53. The van der Waals surface area contributed by atoms with Gasteiger partial charge in [0.2, 0.25) is 5.95 Å². The van der Waals surface area contributed by atoms with E-state index in [4.69, 9.17) is 10.7 Å². The third kappa shape index (κ3) is 2.71. The van der Waals surface area contributed by atoms with Gasteiger partial charge in [-0.25, -0.2) is 4.98 Å². The molecule has 2 heterocycles. The number of nitrogens with one attached hydrogen (secondary N) is 1. The maximum absolute atomic E-state index is 5.53. The number of benzene rings is 1. The zero-order valence-corrected chi connectivity index (χ0v) is 14.9. The lowest BCUT2D eigenvalue weighted by molar-refractivity contribution is 0.633. The van der Waals surface area contributed by atoms with Crippen LogP contribution in [0.5, 0.6) is 0 Å². The normalized spacial score (nSPS) is 13.3. The van der Waals surface area contributed by atoms with E-state index in [1.165, 1.54) is 11.1 Å². The molecule has 1 aliphatic heterocycles. The summed E-state index contributed by atoms with van der Waals surface area (Å²) >= 11 is 7.27. The lowest BCUT2D eigenvalue weighted by Crippen LogP contribution is -2.14. The maximum Gasteiger partial charge on any atom is 0.203 e. The molecule has 0 saturated carbocycles. The second kappa shape index (κ2) is 6.64. The van der Waals surface area contributed by atoms with Gasteiger partial charge in [0.05, 0.1) is 11.0 Å². The number of rotatable bonds is 4. The van der Waals surface area contributed by atoms with Gasteiger partial charge in [0.1, 0.15) is 0 Å². The van der Waals surface area contributed by atoms with Crippen molar-refractivity contribution in [2.75, 3.05) is 18.4 Å². The van der Waals surface area contributed by atoms with E-state index in [1.54, 1.807) is 0 Å². The maximum atomic E-state index is 5.53. The van der Waals surface area contributed by atoms with Gasteiger partial charge < -0.3 is 15.6 Å². The molecule has 0 fully saturated rings. The fourth-order valence-electron chi connectivity index (χ4n) is 2.62. The van der Waals surface area contributed by atoms with Crippen molar-refractivity contribution >= 4 is 61.2 Å². The Labute approximate surface area is 141 Å². The van der Waals surface area contributed by atoms with Crippen molar-refractivity contribution in [2.24, 2.45) is 5.73 Å². The minimum atomic E-state index is 0. The summed E-state index contributed by atoms with van der Waals surface area (Å²) in [6, 6.07) is 2.08. The first-order chi connectivity index (χ1) is 9.22. The van der Waals surface area contributed by atoms with Crippen molar-refractivity contribution < 1.29 is 0 Å². The predicted molar refractivity (Wildman–Crippen MR) is 92.9 cm³/mol. The standard InChI is InChI=1S/C13H16Br2N4.ClH/c14-9-7-10-12-8(11(9)15)3-1-6-19(12)13(18-10)17-5-2-4-16;/h7H,1-6,16H2,(H,17,18);1H. The van der Waals surface area contributed by atoms with Crippen LogP contribution >= 0.6 is 44.3 Å². The molecule has 2 aromatic rings. The van der Waals surface area contributed by atoms with Crippen LogP contribution in [0, 0.1) is 0 Å². The Bertz CT molecular complexity index is 627. The van der Waals surface area contributed by atoms with Crippen molar-refractivity contribution in [2.45, 2.75) is 25.8 Å². The molecule has 1 aliphatic rings. The van der Waals surface area contributed by atoms with Gasteiger partial charge >= 0.3 is 0 Å². The SMILES string of the molecule is Cl.NCCCNc1nc2cc(Br)c(Br)c3c2n1CCC3. The van der Waals surface area contributed by atoms with E-state index in [9.17, 15) is 0 Å². The minimum Gasteiger partial charge on any atom is -0.356 e. The molecule has 4 nitrogen and oxygen atoms in total. The largest absolute Gasteiger partial charge is 0.356 e. The minimum absolute atomic E-state index is 0. The molecular weight excluding hydrogens is 407 g/mol. The van der Waals surface area contributed by atoms with Gasteiger partial charge in [0.25, 0.3) is 0 Å². The summed E-state index contributed by atoms with van der Waals surface area (Å²) in [5.74, 6) is 0.967. The highest BCUT2D eigenvalue weighted by atomic mass is 79.9. The Morgan fingerprint density at radius 3 is 2.95 bits per heavy atom. The van der Waals surface area contributed by atoms with Gasteiger partial charge in [-0.1, -0.05) is 0 Å². The Hall–Kier alpha value is -0.300. The van der Waals surface area contributed by atoms with Crippen molar-refractivity contribution in [3.05, 3.63) is 20.6 Å². The van der Waals surface area contributed by atoms with E-state index in [0.29, 0.717) is 6.54 Å². The fourth-order valence-corrected chi connectivity index (χ4v) is 3.57. The van der Waals surface area contributed by atoms with Gasteiger partial charge in [-0.15, -0.1) is 12.4 Å². The number of hydrogen-bond acceptors (Lipinski definition) is 3. The van der Waals surface area contributed by atoms with Crippen LogP contribution in [0.3, 0.4) is 0 Å². The summed E-state index contributed by atoms with van der Waals surface area (Å²) in [6.07, 6.45) is 3.22. The van der Waals surface area contributed by atoms with Crippen LogP contribution in [0.1, 0.15) is 18.4 Å². The van der Waals surface area contributed by atoms with E-state index < -0.39 is 0 Å². The summed E-state index contributed by atoms with van der Waals surface area (Å²) in [7, 11) is 0. The fraction of sp³-hybridized carbons (Fsp3) is 0.462. The molecular formula is C13H17Br2ClN4. The van der Waals surface area contributed by atoms with Crippen LogP contribution in [0.2, 0.25) is 0 Å². The van der Waals surface area contributed by atoms with E-state index in [-0.39, 0.29) is 12.4 Å². The summed E-state index contributed by atoms with van der Waals surface area (Å²) in [5.41, 5.74) is 9.21. The summed E-state index contributed by atoms with van der Waals surface area (Å²) < 4.78 is 4.53. The third-order valence-electron chi connectivity index (χ3n) is 3.49. The average Bonchev–Trinajstić information content (AvgIpc) is 2.76. The molecule has 1 aromatic heterocycles. The zero-order chi connectivity index (χ0) is 13.4. The Kier molecular flexibility index (Phi) is 5.34. The van der Waals surface area contributed by atoms with E-state index in [0.717, 1.165) is 52.8 Å². The molecule has 0 aliphatic carbocycles. The lowest BCUT2D eigenvalue weighted by Gasteiger charge is -2.18. The quantitative estimate of drug-likeness (QED) is 0.736. The molecule has 3 N–H and O–H groups in total. The van der Waals surface area contributed by atoms with Crippen molar-refractivity contribution in [3.8, 4) is 0 Å². The molecule has 20 heavy (non-hydrogen) atoms. The molecule has 0 spiro atoms. The highest BCUT2D eigenvalue weighted by Gasteiger charge is 2.21. The Balaban J connectivity index is 0.00000147. The number of hydrogen-bond donors (Lipinski definition) is 2. The van der Waals surface area contributed by atoms with Gasteiger partial charge in [0.15, 0.2) is 0 Å². The van der Waals surface area contributed by atoms with Crippen LogP contribution in [0.25, 0.3) is 11.0 Å². The van der Waals surface area contributed by atoms with E-state index in [2.05, 4.69) is 47.8 Å². The number of nitrogens with zero attached hydrogens (tertiary/aromatic N) is 2. The van der Waals surface area contributed by atoms with Gasteiger partial charge in [-0.3, -0.25) is 0 Å². The Morgan fingerprint density at radius 1 is 1.40 bits per heavy atom. The van der Waals surface area contributed by atoms with Crippen LogP contribution < -0.4 is 11.1 Å². The number of anilines is 1. The molecule has 110 valence electrons. The van der Waals surface area contributed by atoms with Gasteiger partial charge in [-0.05, 0) is 69.3 Å². The van der Waals surface area contributed by atoms with Crippen LogP contribution in [0.4, 0.5) is 5.95 Å². The van der Waals surface area contributed by atoms with Gasteiger partial charge in [-0.2, -0.15) is 0 Å². The number of aromatic nitrogens is 2. The second-order valence-electron chi connectivity index (χ2n) is 4.78. The number of halogens is 3. The first-order valence-corrected chi connectivity index (χ1v) is 8.12. The van der Waals surface area contributed by atoms with Crippen LogP contribution in [-0.4, -0.2) is 22.6 Å². The predicted octanol–water partition coefficient (Wildman–Crippen LogP) is 3.69. The number of aryl methyl sites for hydroxylation is 2. The van der Waals surface area contributed by atoms with Crippen LogP contribution in [-0.2, 0) is 13.0 Å². The van der Waals surface area contributed by atoms with Crippen LogP contribution in [0.15, 0.2) is 15.0 Å². The molecule has 0 radical (unpaired) electrons. The number of imidazole rings is 1. The molecule has 0 bridgehead atoms. The topological polar surface area (TPSA) is 55.9 Å². The highest BCUT2D eigenvalue weighted by Crippen LogP contribution is 2.38. The molecule has 0 saturated heterocycles. The number of nitrogens with two attached hydrogens (primary N) is 1.